The Bertz CT molecular complexity index is 665. The summed E-state index contributed by atoms with van der Waals surface area (Å²) in [6, 6.07) is 4.28. The number of hydrogen-bond donors (Lipinski definition) is 1. The molecule has 1 amide bonds. The molecule has 0 heterocycles. The van der Waals surface area contributed by atoms with Crippen LogP contribution in [0.3, 0.4) is 0 Å². The van der Waals surface area contributed by atoms with Crippen molar-refractivity contribution in [2.24, 2.45) is 11.8 Å². The monoisotopic (exact) mass is 441 g/mol. The van der Waals surface area contributed by atoms with Gasteiger partial charge in [0.1, 0.15) is 0 Å². The predicted molar refractivity (Wildman–Crippen MR) is 109 cm³/mol. The second-order valence-electron chi connectivity index (χ2n) is 7.26. The lowest BCUT2D eigenvalue weighted by Gasteiger charge is -2.34. The van der Waals surface area contributed by atoms with Crippen LogP contribution in [0.4, 0.5) is 0 Å². The minimum Gasteiger partial charge on any atom is -0.455 e. The van der Waals surface area contributed by atoms with Gasteiger partial charge in [-0.3, -0.25) is 9.59 Å². The number of carbonyl (C=O) groups excluding carboxylic acids is 2. The van der Waals surface area contributed by atoms with Crippen molar-refractivity contribution in [3.8, 4) is 0 Å². The second-order valence-corrected chi connectivity index (χ2v) is 9.13. The van der Waals surface area contributed by atoms with Crippen molar-refractivity contribution in [2.75, 3.05) is 12.4 Å². The summed E-state index contributed by atoms with van der Waals surface area (Å²) in [5.74, 6) is 0.708. The fourth-order valence-corrected chi connectivity index (χ4v) is 4.63. The normalized spacial score (nSPS) is 22.7. The fourth-order valence-electron chi connectivity index (χ4n) is 3.27. The molecule has 26 heavy (non-hydrogen) atoms. The van der Waals surface area contributed by atoms with Crippen molar-refractivity contribution >= 4 is 39.6 Å². The van der Waals surface area contributed by atoms with E-state index in [1.165, 1.54) is 18.2 Å². The first-order valence-electron chi connectivity index (χ1n) is 9.12. The lowest BCUT2D eigenvalue weighted by atomic mass is 9.78. The molecule has 4 nitrogen and oxygen atoms in total. The average molecular weight is 442 g/mol. The van der Waals surface area contributed by atoms with E-state index in [9.17, 15) is 9.59 Å². The largest absolute Gasteiger partial charge is 0.455 e. The van der Waals surface area contributed by atoms with Gasteiger partial charge in [0.2, 0.25) is 0 Å². The zero-order valence-electron chi connectivity index (χ0n) is 15.9. The molecule has 0 spiro atoms. The van der Waals surface area contributed by atoms with Crippen LogP contribution in [0.2, 0.25) is 0 Å². The van der Waals surface area contributed by atoms with Crippen LogP contribution in [0.15, 0.2) is 21.5 Å². The first-order valence-corrected chi connectivity index (χ1v) is 10.9. The van der Waals surface area contributed by atoms with Crippen LogP contribution in [-0.4, -0.2) is 30.3 Å². The SMILES string of the molecule is Cc1cc(SCC(=O)OCC(=O)N[C@@H]2CCC[C@H](C)[C@H]2C)c(C)cc1Br. The maximum absolute atomic E-state index is 12.1. The molecule has 0 saturated heterocycles. The lowest BCUT2D eigenvalue weighted by molar-refractivity contribution is -0.146. The molecule has 3 atom stereocenters. The van der Waals surface area contributed by atoms with E-state index < -0.39 is 0 Å². The summed E-state index contributed by atoms with van der Waals surface area (Å²) >= 11 is 4.94. The highest BCUT2D eigenvalue weighted by Gasteiger charge is 2.28. The molecule has 1 N–H and O–H groups in total. The molecular weight excluding hydrogens is 414 g/mol. The van der Waals surface area contributed by atoms with Crippen molar-refractivity contribution in [1.82, 2.24) is 5.32 Å². The summed E-state index contributed by atoms with van der Waals surface area (Å²) in [6.07, 6.45) is 3.36. The van der Waals surface area contributed by atoms with E-state index in [0.29, 0.717) is 11.8 Å². The summed E-state index contributed by atoms with van der Waals surface area (Å²) in [5, 5.41) is 3.02. The zero-order chi connectivity index (χ0) is 19.3. The zero-order valence-corrected chi connectivity index (χ0v) is 18.3. The van der Waals surface area contributed by atoms with E-state index in [2.05, 4.69) is 41.2 Å². The Balaban J connectivity index is 1.74. The van der Waals surface area contributed by atoms with Gasteiger partial charge in [-0.25, -0.2) is 0 Å². The maximum atomic E-state index is 12.1. The molecule has 6 heteroatoms. The molecule has 144 valence electrons. The standard InChI is InChI=1S/C20H28BrNO3S/c1-12-6-5-7-17(15(12)4)22-19(23)10-25-20(24)11-26-18-9-13(2)16(21)8-14(18)3/h8-9,12,15,17H,5-7,10-11H2,1-4H3,(H,22,23)/t12-,15+,17+/m0/s1. The lowest BCUT2D eigenvalue weighted by Crippen LogP contribution is -2.45. The van der Waals surface area contributed by atoms with E-state index in [0.717, 1.165) is 33.3 Å². The number of aryl methyl sites for hydroxylation is 2. The topological polar surface area (TPSA) is 55.4 Å². The molecule has 0 aromatic heterocycles. The molecule has 1 saturated carbocycles. The van der Waals surface area contributed by atoms with Crippen molar-refractivity contribution < 1.29 is 14.3 Å². The van der Waals surface area contributed by atoms with Gasteiger partial charge in [-0.05, 0) is 55.4 Å². The van der Waals surface area contributed by atoms with Crippen LogP contribution in [0, 0.1) is 25.7 Å². The number of nitrogens with one attached hydrogen (secondary N) is 1. The molecule has 0 unspecified atom stereocenters. The number of halogens is 1. The van der Waals surface area contributed by atoms with Crippen molar-refractivity contribution in [1.29, 1.82) is 0 Å². The Morgan fingerprint density at radius 2 is 1.96 bits per heavy atom. The van der Waals surface area contributed by atoms with Gasteiger partial charge in [-0.1, -0.05) is 42.6 Å². The molecule has 2 rings (SSSR count). The quantitative estimate of drug-likeness (QED) is 0.515. The number of carbonyl (C=O) groups is 2. The molecule has 1 fully saturated rings. The van der Waals surface area contributed by atoms with Gasteiger partial charge in [0.25, 0.3) is 5.91 Å². The summed E-state index contributed by atoms with van der Waals surface area (Å²) < 4.78 is 6.20. The minimum atomic E-state index is -0.366. The Morgan fingerprint density at radius 1 is 1.23 bits per heavy atom. The van der Waals surface area contributed by atoms with Gasteiger partial charge in [0.15, 0.2) is 6.61 Å². The van der Waals surface area contributed by atoms with Gasteiger partial charge in [0, 0.05) is 15.4 Å². The number of thioether (sulfide) groups is 1. The Morgan fingerprint density at radius 3 is 2.69 bits per heavy atom. The van der Waals surface area contributed by atoms with Crippen LogP contribution in [0.5, 0.6) is 0 Å². The summed E-state index contributed by atoms with van der Waals surface area (Å²) in [5.41, 5.74) is 2.24. The maximum Gasteiger partial charge on any atom is 0.316 e. The third kappa shape index (κ3) is 6.02. The molecule has 0 bridgehead atoms. The van der Waals surface area contributed by atoms with E-state index >= 15 is 0 Å². The summed E-state index contributed by atoms with van der Waals surface area (Å²) in [7, 11) is 0. The van der Waals surface area contributed by atoms with Gasteiger partial charge in [-0.15, -0.1) is 11.8 Å². The van der Waals surface area contributed by atoms with E-state index in [1.807, 2.05) is 19.9 Å². The van der Waals surface area contributed by atoms with Crippen LogP contribution in [0.1, 0.15) is 44.2 Å². The van der Waals surface area contributed by atoms with Gasteiger partial charge >= 0.3 is 5.97 Å². The van der Waals surface area contributed by atoms with Crippen LogP contribution in [-0.2, 0) is 14.3 Å². The van der Waals surface area contributed by atoms with Crippen LogP contribution < -0.4 is 5.32 Å². The van der Waals surface area contributed by atoms with Crippen LogP contribution in [0.25, 0.3) is 0 Å². The Labute approximate surface area is 169 Å². The number of rotatable bonds is 6. The van der Waals surface area contributed by atoms with Crippen molar-refractivity contribution in [2.45, 2.75) is 57.9 Å². The number of esters is 1. The Hall–Kier alpha value is -1.01. The summed E-state index contributed by atoms with van der Waals surface area (Å²) in [6.45, 7) is 8.24. The summed E-state index contributed by atoms with van der Waals surface area (Å²) in [4.78, 5) is 25.1. The van der Waals surface area contributed by atoms with Gasteiger partial charge < -0.3 is 10.1 Å². The second kappa shape index (κ2) is 9.79. The van der Waals surface area contributed by atoms with E-state index in [-0.39, 0.29) is 30.3 Å². The number of hydrogen-bond acceptors (Lipinski definition) is 4. The van der Waals surface area contributed by atoms with E-state index in [4.69, 9.17) is 4.74 Å². The highest BCUT2D eigenvalue weighted by molar-refractivity contribution is 9.10. The van der Waals surface area contributed by atoms with Crippen molar-refractivity contribution in [3.63, 3.8) is 0 Å². The highest BCUT2D eigenvalue weighted by atomic mass is 79.9. The molecule has 0 aliphatic heterocycles. The van der Waals surface area contributed by atoms with Crippen molar-refractivity contribution in [3.05, 3.63) is 27.7 Å². The van der Waals surface area contributed by atoms with Gasteiger partial charge in [-0.2, -0.15) is 0 Å². The van der Waals surface area contributed by atoms with Gasteiger partial charge in [0.05, 0.1) is 5.75 Å². The minimum absolute atomic E-state index is 0.188. The Kier molecular flexibility index (Phi) is 8.02. The highest BCUT2D eigenvalue weighted by Crippen LogP contribution is 2.30. The molecule has 1 aromatic rings. The predicted octanol–water partition coefficient (Wildman–Crippen LogP) is 4.64. The van der Waals surface area contributed by atoms with Crippen LogP contribution >= 0.6 is 27.7 Å². The third-order valence-electron chi connectivity index (χ3n) is 5.22. The smallest absolute Gasteiger partial charge is 0.316 e. The number of benzene rings is 1. The fraction of sp³-hybridized carbons (Fsp3) is 0.600. The average Bonchev–Trinajstić information content (AvgIpc) is 2.59. The first-order chi connectivity index (χ1) is 12.3. The molecule has 1 aromatic carbocycles. The molecule has 1 aliphatic rings. The first kappa shape index (κ1) is 21.3. The molecular formula is C20H28BrNO3S. The number of ether oxygens (including phenoxy) is 1. The number of amides is 1. The third-order valence-corrected chi connectivity index (χ3v) is 7.20. The molecule has 1 aliphatic carbocycles. The molecule has 0 radical (unpaired) electrons. The van der Waals surface area contributed by atoms with E-state index in [1.54, 1.807) is 0 Å².